The first-order chi connectivity index (χ1) is 9.87. The van der Waals surface area contributed by atoms with E-state index < -0.39 is 5.60 Å². The normalized spacial score (nSPS) is 23.0. The van der Waals surface area contributed by atoms with Gasteiger partial charge >= 0.3 is 0 Å². The van der Waals surface area contributed by atoms with Gasteiger partial charge in [0.2, 0.25) is 5.91 Å². The highest BCUT2D eigenvalue weighted by Gasteiger charge is 2.26. The molecule has 1 aromatic carbocycles. The molecule has 116 valence electrons. The monoisotopic (exact) mass is 371 g/mol. The summed E-state index contributed by atoms with van der Waals surface area (Å²) in [5, 5.41) is 10.1. The van der Waals surface area contributed by atoms with Gasteiger partial charge in [-0.05, 0) is 56.9 Å². The van der Waals surface area contributed by atoms with E-state index in [4.69, 9.17) is 0 Å². The Morgan fingerprint density at radius 2 is 2.19 bits per heavy atom. The number of hydrogen-bond acceptors (Lipinski definition) is 3. The largest absolute Gasteiger partial charge is 0.390 e. The molecule has 1 aliphatic heterocycles. The molecule has 1 N–H and O–H groups in total. The standard InChI is InChI=1S/C16H22BrNO2S/c1-12-10-13(17)4-5-14(12)21-11-15(19)18-8-3-6-16(2,20)7-9-18/h4-5,10,20H,3,6-9,11H2,1-2H3. The molecule has 2 rings (SSSR count). The van der Waals surface area contributed by atoms with Gasteiger partial charge in [-0.2, -0.15) is 0 Å². The van der Waals surface area contributed by atoms with E-state index >= 15 is 0 Å². The molecule has 0 aromatic heterocycles. The highest BCUT2D eigenvalue weighted by molar-refractivity contribution is 9.10. The van der Waals surface area contributed by atoms with Crippen molar-refractivity contribution < 1.29 is 9.90 Å². The molecule has 1 heterocycles. The zero-order valence-electron chi connectivity index (χ0n) is 12.6. The first-order valence-corrected chi connectivity index (χ1v) is 9.04. The molecule has 5 heteroatoms. The fourth-order valence-electron chi connectivity index (χ4n) is 2.52. The topological polar surface area (TPSA) is 40.5 Å². The third-order valence-electron chi connectivity index (χ3n) is 3.90. The highest BCUT2D eigenvalue weighted by Crippen LogP contribution is 2.26. The summed E-state index contributed by atoms with van der Waals surface area (Å²) in [5.41, 5.74) is 0.561. The number of carbonyl (C=O) groups excluding carboxylic acids is 1. The molecule has 1 aliphatic rings. The lowest BCUT2D eigenvalue weighted by molar-refractivity contribution is -0.128. The van der Waals surface area contributed by atoms with Crippen LogP contribution in [0.15, 0.2) is 27.6 Å². The van der Waals surface area contributed by atoms with Crippen molar-refractivity contribution in [3.05, 3.63) is 28.2 Å². The van der Waals surface area contributed by atoms with Crippen LogP contribution in [0.4, 0.5) is 0 Å². The van der Waals surface area contributed by atoms with Crippen molar-refractivity contribution in [2.24, 2.45) is 0 Å². The molecule has 1 aromatic rings. The summed E-state index contributed by atoms with van der Waals surface area (Å²) in [6.45, 7) is 5.34. The SMILES string of the molecule is Cc1cc(Br)ccc1SCC(=O)N1CCCC(C)(O)CC1. The molecule has 0 aliphatic carbocycles. The molecular formula is C16H22BrNO2S. The molecular weight excluding hydrogens is 350 g/mol. The molecule has 0 bridgehead atoms. The van der Waals surface area contributed by atoms with Crippen LogP contribution in [-0.4, -0.2) is 40.4 Å². The van der Waals surface area contributed by atoms with E-state index in [1.54, 1.807) is 11.8 Å². The second-order valence-electron chi connectivity index (χ2n) is 5.93. The number of rotatable bonds is 3. The minimum Gasteiger partial charge on any atom is -0.390 e. The molecule has 0 spiro atoms. The number of nitrogens with zero attached hydrogens (tertiary/aromatic N) is 1. The van der Waals surface area contributed by atoms with Crippen LogP contribution in [0.2, 0.25) is 0 Å². The van der Waals surface area contributed by atoms with E-state index in [0.717, 1.165) is 28.8 Å². The fourth-order valence-corrected chi connectivity index (χ4v) is 3.91. The number of thioether (sulfide) groups is 1. The zero-order valence-corrected chi connectivity index (χ0v) is 15.0. The summed E-state index contributed by atoms with van der Waals surface area (Å²) in [5.74, 6) is 0.630. The van der Waals surface area contributed by atoms with Gasteiger partial charge in [-0.1, -0.05) is 15.9 Å². The number of likely N-dealkylation sites (tertiary alicyclic amines) is 1. The molecule has 0 saturated carbocycles. The molecule has 3 nitrogen and oxygen atoms in total. The number of aryl methyl sites for hydroxylation is 1. The summed E-state index contributed by atoms with van der Waals surface area (Å²) < 4.78 is 1.06. The number of hydrogen-bond donors (Lipinski definition) is 1. The number of amides is 1. The zero-order chi connectivity index (χ0) is 15.5. The maximum absolute atomic E-state index is 12.3. The van der Waals surface area contributed by atoms with Gasteiger partial charge in [-0.3, -0.25) is 4.79 Å². The molecule has 21 heavy (non-hydrogen) atoms. The Morgan fingerprint density at radius 1 is 1.43 bits per heavy atom. The van der Waals surface area contributed by atoms with E-state index in [0.29, 0.717) is 18.7 Å². The van der Waals surface area contributed by atoms with Crippen molar-refractivity contribution in [3.8, 4) is 0 Å². The summed E-state index contributed by atoms with van der Waals surface area (Å²) >= 11 is 5.04. The quantitative estimate of drug-likeness (QED) is 0.824. The second-order valence-corrected chi connectivity index (χ2v) is 7.86. The third kappa shape index (κ3) is 5.01. The van der Waals surface area contributed by atoms with Crippen molar-refractivity contribution in [2.45, 2.75) is 43.6 Å². The van der Waals surface area contributed by atoms with Crippen LogP contribution < -0.4 is 0 Å². The number of carbonyl (C=O) groups is 1. The molecule has 1 saturated heterocycles. The summed E-state index contributed by atoms with van der Waals surface area (Å²) in [6, 6.07) is 6.11. The molecule has 1 fully saturated rings. The van der Waals surface area contributed by atoms with Crippen molar-refractivity contribution >= 4 is 33.6 Å². The van der Waals surface area contributed by atoms with Crippen LogP contribution in [0.3, 0.4) is 0 Å². The van der Waals surface area contributed by atoms with Gasteiger partial charge in [0.1, 0.15) is 0 Å². The molecule has 1 atom stereocenters. The van der Waals surface area contributed by atoms with Crippen LogP contribution in [0.1, 0.15) is 31.7 Å². The van der Waals surface area contributed by atoms with Crippen molar-refractivity contribution in [3.63, 3.8) is 0 Å². The Balaban J connectivity index is 1.89. The van der Waals surface area contributed by atoms with Gasteiger partial charge in [0.05, 0.1) is 11.4 Å². The highest BCUT2D eigenvalue weighted by atomic mass is 79.9. The average Bonchev–Trinajstić information content (AvgIpc) is 2.58. The van der Waals surface area contributed by atoms with Crippen LogP contribution in [0.25, 0.3) is 0 Å². The Morgan fingerprint density at radius 3 is 2.90 bits per heavy atom. The van der Waals surface area contributed by atoms with Gasteiger partial charge < -0.3 is 10.0 Å². The Bertz CT molecular complexity index is 519. The smallest absolute Gasteiger partial charge is 0.232 e. The molecule has 1 unspecified atom stereocenters. The third-order valence-corrected chi connectivity index (χ3v) is 5.56. The van der Waals surface area contributed by atoms with Gasteiger partial charge in [0.15, 0.2) is 0 Å². The van der Waals surface area contributed by atoms with Crippen LogP contribution >= 0.6 is 27.7 Å². The maximum atomic E-state index is 12.3. The average molecular weight is 372 g/mol. The minimum atomic E-state index is -0.621. The predicted octanol–water partition coefficient (Wildman–Crippen LogP) is 3.61. The van der Waals surface area contributed by atoms with Crippen LogP contribution in [0.5, 0.6) is 0 Å². The van der Waals surface area contributed by atoms with E-state index in [1.807, 2.05) is 24.0 Å². The van der Waals surface area contributed by atoms with E-state index in [2.05, 4.69) is 28.9 Å². The summed E-state index contributed by atoms with van der Waals surface area (Å²) in [7, 11) is 0. The lowest BCUT2D eigenvalue weighted by Gasteiger charge is -2.22. The van der Waals surface area contributed by atoms with Crippen molar-refractivity contribution in [1.29, 1.82) is 0 Å². The second kappa shape index (κ2) is 7.16. The number of halogens is 1. The Hall–Kier alpha value is -0.520. The lowest BCUT2D eigenvalue weighted by Crippen LogP contribution is -2.34. The predicted molar refractivity (Wildman–Crippen MR) is 90.7 cm³/mol. The minimum absolute atomic E-state index is 0.167. The first kappa shape index (κ1) is 16.8. The Labute approximate surface area is 139 Å². The molecule has 0 radical (unpaired) electrons. The van der Waals surface area contributed by atoms with Gasteiger partial charge in [-0.25, -0.2) is 0 Å². The fraction of sp³-hybridized carbons (Fsp3) is 0.562. The van der Waals surface area contributed by atoms with Crippen LogP contribution in [0, 0.1) is 6.92 Å². The van der Waals surface area contributed by atoms with Crippen molar-refractivity contribution in [1.82, 2.24) is 4.90 Å². The Kier molecular flexibility index (Phi) is 5.74. The first-order valence-electron chi connectivity index (χ1n) is 7.26. The molecule has 1 amide bonds. The van der Waals surface area contributed by atoms with Crippen molar-refractivity contribution in [2.75, 3.05) is 18.8 Å². The van der Waals surface area contributed by atoms with Gasteiger partial charge in [0, 0.05) is 22.5 Å². The van der Waals surface area contributed by atoms with E-state index in [1.165, 1.54) is 5.56 Å². The maximum Gasteiger partial charge on any atom is 0.232 e. The lowest BCUT2D eigenvalue weighted by atomic mass is 9.98. The van der Waals surface area contributed by atoms with Gasteiger partial charge in [-0.15, -0.1) is 11.8 Å². The van der Waals surface area contributed by atoms with E-state index in [9.17, 15) is 9.90 Å². The summed E-state index contributed by atoms with van der Waals surface area (Å²) in [4.78, 5) is 15.4. The summed E-state index contributed by atoms with van der Waals surface area (Å²) in [6.07, 6.45) is 2.32. The van der Waals surface area contributed by atoms with Crippen LogP contribution in [-0.2, 0) is 4.79 Å². The van der Waals surface area contributed by atoms with E-state index in [-0.39, 0.29) is 5.91 Å². The van der Waals surface area contributed by atoms with Gasteiger partial charge in [0.25, 0.3) is 0 Å². The number of aliphatic hydroxyl groups is 1. The number of benzene rings is 1.